The van der Waals surface area contributed by atoms with Crippen LogP contribution in [0.15, 0.2) is 35.4 Å². The smallest absolute Gasteiger partial charge is 0.252 e. The highest BCUT2D eigenvalue weighted by Crippen LogP contribution is 2.34. The summed E-state index contributed by atoms with van der Waals surface area (Å²) in [6.45, 7) is 10.4. The second kappa shape index (κ2) is 9.39. The van der Waals surface area contributed by atoms with Gasteiger partial charge in [-0.15, -0.1) is 0 Å². The Morgan fingerprint density at radius 2 is 1.94 bits per heavy atom. The minimum Gasteiger partial charge on any atom is -0.364 e. The Hall–Kier alpha value is -3.71. The van der Waals surface area contributed by atoms with Gasteiger partial charge in [0.25, 0.3) is 5.56 Å². The normalized spacial score (nSPS) is 19.7. The van der Waals surface area contributed by atoms with Crippen LogP contribution in [-0.2, 0) is 13.6 Å². The molecule has 0 aliphatic carbocycles. The van der Waals surface area contributed by atoms with E-state index >= 15 is 0 Å². The van der Waals surface area contributed by atoms with Crippen LogP contribution < -0.4 is 10.5 Å². The van der Waals surface area contributed by atoms with E-state index in [1.807, 2.05) is 23.7 Å². The zero-order chi connectivity index (χ0) is 25.6. The summed E-state index contributed by atoms with van der Waals surface area (Å²) in [6.07, 6.45) is 5.69. The number of fused-ring (bicyclic) bond motifs is 2. The van der Waals surface area contributed by atoms with Crippen molar-refractivity contribution in [3.8, 4) is 6.07 Å². The zero-order valence-corrected chi connectivity index (χ0v) is 21.6. The maximum Gasteiger partial charge on any atom is 0.252 e. The van der Waals surface area contributed by atoms with E-state index in [2.05, 4.69) is 47.8 Å². The molecule has 36 heavy (non-hydrogen) atoms. The van der Waals surface area contributed by atoms with Gasteiger partial charge in [0, 0.05) is 56.6 Å². The third kappa shape index (κ3) is 4.03. The van der Waals surface area contributed by atoms with Crippen molar-refractivity contribution in [1.82, 2.24) is 33.8 Å². The molecular weight excluding hydrogens is 454 g/mol. The van der Waals surface area contributed by atoms with Gasteiger partial charge in [-0.25, -0.2) is 9.50 Å². The molecule has 5 heterocycles. The van der Waals surface area contributed by atoms with E-state index in [-0.39, 0.29) is 30.2 Å². The molecule has 5 rings (SSSR count). The molecule has 10 heteroatoms. The van der Waals surface area contributed by atoms with Crippen LogP contribution in [0.3, 0.4) is 0 Å². The highest BCUT2D eigenvalue weighted by molar-refractivity contribution is 5.88. The first-order valence-corrected chi connectivity index (χ1v) is 12.6. The van der Waals surface area contributed by atoms with Gasteiger partial charge < -0.3 is 9.47 Å². The summed E-state index contributed by atoms with van der Waals surface area (Å²) in [5, 5.41) is 18.3. The standard InChI is InChI=1S/C26H33N9O/c1-6-19-15-34(22-13-25(36)31(5)23-16-32(11-9-27)30-26(22)23)20(7-2)14-33(19)18(4)21-8-10-35-24(28-21)12-17(3)29-35/h8,10,12-13,16,18-20H,6-7,11,14-15H2,1-5H3/t18-,19+,20-/m0/s1. The lowest BCUT2D eigenvalue weighted by Gasteiger charge is -2.49. The maximum atomic E-state index is 12.9. The molecule has 1 aliphatic rings. The van der Waals surface area contributed by atoms with E-state index in [0.717, 1.165) is 59.7 Å². The van der Waals surface area contributed by atoms with Crippen LogP contribution in [0.5, 0.6) is 0 Å². The van der Waals surface area contributed by atoms with Crippen LogP contribution in [0.4, 0.5) is 5.69 Å². The Morgan fingerprint density at radius 3 is 2.67 bits per heavy atom. The van der Waals surface area contributed by atoms with Crippen LogP contribution in [0.1, 0.15) is 51.0 Å². The van der Waals surface area contributed by atoms with Crippen molar-refractivity contribution in [3.05, 3.63) is 52.3 Å². The van der Waals surface area contributed by atoms with E-state index in [1.165, 1.54) is 0 Å². The molecule has 0 bridgehead atoms. The molecule has 10 nitrogen and oxygen atoms in total. The molecule has 3 atom stereocenters. The molecule has 0 amide bonds. The first-order valence-electron chi connectivity index (χ1n) is 12.6. The van der Waals surface area contributed by atoms with Crippen molar-refractivity contribution in [1.29, 1.82) is 5.26 Å². The Balaban J connectivity index is 1.50. The maximum absolute atomic E-state index is 12.9. The molecule has 0 spiro atoms. The quantitative estimate of drug-likeness (QED) is 0.412. The van der Waals surface area contributed by atoms with Gasteiger partial charge in [-0.1, -0.05) is 13.8 Å². The Bertz CT molecular complexity index is 1510. The fraction of sp³-hybridized carbons (Fsp3) is 0.500. The molecule has 188 valence electrons. The van der Waals surface area contributed by atoms with Gasteiger partial charge in [0.15, 0.2) is 5.65 Å². The third-order valence-electron chi connectivity index (χ3n) is 7.55. The van der Waals surface area contributed by atoms with Crippen LogP contribution in [-0.4, -0.2) is 59.0 Å². The number of aryl methyl sites for hydroxylation is 2. The zero-order valence-electron chi connectivity index (χ0n) is 21.6. The molecule has 0 N–H and O–H groups in total. The molecule has 1 aliphatic heterocycles. The minimum absolute atomic E-state index is 0.0682. The number of hydrogen-bond acceptors (Lipinski definition) is 7. The number of piperazine rings is 1. The van der Waals surface area contributed by atoms with Crippen LogP contribution >= 0.6 is 0 Å². The Labute approximate surface area is 210 Å². The molecule has 0 unspecified atom stereocenters. The topological polar surface area (TPSA) is 100 Å². The largest absolute Gasteiger partial charge is 0.364 e. The lowest BCUT2D eigenvalue weighted by Crippen LogP contribution is -2.59. The van der Waals surface area contributed by atoms with Crippen molar-refractivity contribution in [2.45, 2.75) is 65.2 Å². The van der Waals surface area contributed by atoms with Crippen molar-refractivity contribution < 1.29 is 0 Å². The third-order valence-corrected chi connectivity index (χ3v) is 7.55. The van der Waals surface area contributed by atoms with E-state index in [9.17, 15) is 4.79 Å². The molecule has 0 aromatic carbocycles. The van der Waals surface area contributed by atoms with E-state index in [1.54, 1.807) is 28.6 Å². The fourth-order valence-corrected chi connectivity index (χ4v) is 5.48. The first kappa shape index (κ1) is 24.0. The van der Waals surface area contributed by atoms with Gasteiger partial charge >= 0.3 is 0 Å². The number of hydrogen-bond donors (Lipinski definition) is 0. The Kier molecular flexibility index (Phi) is 6.26. The number of rotatable bonds is 6. The molecular formula is C26H33N9O. The van der Waals surface area contributed by atoms with Crippen LogP contribution in [0.2, 0.25) is 0 Å². The number of aromatic nitrogens is 6. The predicted molar refractivity (Wildman–Crippen MR) is 139 cm³/mol. The van der Waals surface area contributed by atoms with Crippen LogP contribution in [0, 0.1) is 18.3 Å². The monoisotopic (exact) mass is 487 g/mol. The van der Waals surface area contributed by atoms with E-state index in [0.29, 0.717) is 0 Å². The molecule has 1 saturated heterocycles. The van der Waals surface area contributed by atoms with Crippen molar-refractivity contribution in [3.63, 3.8) is 0 Å². The predicted octanol–water partition coefficient (Wildman–Crippen LogP) is 3.05. The van der Waals surface area contributed by atoms with Crippen LogP contribution in [0.25, 0.3) is 16.7 Å². The molecule has 4 aromatic rings. The van der Waals surface area contributed by atoms with Gasteiger partial charge in [0.1, 0.15) is 12.1 Å². The molecule has 0 saturated carbocycles. The summed E-state index contributed by atoms with van der Waals surface area (Å²) in [7, 11) is 1.75. The Morgan fingerprint density at radius 1 is 1.17 bits per heavy atom. The lowest BCUT2D eigenvalue weighted by atomic mass is 9.98. The van der Waals surface area contributed by atoms with Crippen molar-refractivity contribution >= 4 is 22.4 Å². The number of nitriles is 1. The van der Waals surface area contributed by atoms with Crippen molar-refractivity contribution in [2.24, 2.45) is 7.05 Å². The summed E-state index contributed by atoms with van der Waals surface area (Å²) in [4.78, 5) is 22.7. The highest BCUT2D eigenvalue weighted by Gasteiger charge is 2.36. The summed E-state index contributed by atoms with van der Waals surface area (Å²) < 4.78 is 5.04. The highest BCUT2D eigenvalue weighted by atomic mass is 16.1. The van der Waals surface area contributed by atoms with Gasteiger partial charge in [-0.2, -0.15) is 15.5 Å². The summed E-state index contributed by atoms with van der Waals surface area (Å²) >= 11 is 0. The SMILES string of the molecule is CC[C@H]1CN([C@@H](C)c2ccn3nc(C)cc3n2)[C@H](CC)CN1c1cc(=O)n(C)c2cn(CC#N)nc12. The summed E-state index contributed by atoms with van der Waals surface area (Å²) in [5.41, 5.74) is 5.17. The fourth-order valence-electron chi connectivity index (χ4n) is 5.48. The molecule has 4 aromatic heterocycles. The average molecular weight is 488 g/mol. The second-order valence-electron chi connectivity index (χ2n) is 9.74. The second-order valence-corrected chi connectivity index (χ2v) is 9.74. The first-order chi connectivity index (χ1) is 17.3. The van der Waals surface area contributed by atoms with Gasteiger partial charge in [0.2, 0.25) is 0 Å². The van der Waals surface area contributed by atoms with Gasteiger partial charge in [0.05, 0.1) is 34.9 Å². The summed E-state index contributed by atoms with van der Waals surface area (Å²) in [5.74, 6) is 0. The van der Waals surface area contributed by atoms with Crippen molar-refractivity contribution in [2.75, 3.05) is 18.0 Å². The van der Waals surface area contributed by atoms with E-state index < -0.39 is 0 Å². The van der Waals surface area contributed by atoms with Gasteiger partial charge in [-0.3, -0.25) is 14.4 Å². The summed E-state index contributed by atoms with van der Waals surface area (Å²) in [6, 6.07) is 8.56. The number of anilines is 1. The molecule has 0 radical (unpaired) electrons. The number of nitrogens with zero attached hydrogens (tertiary/aromatic N) is 9. The minimum atomic E-state index is -0.0682. The molecule has 1 fully saturated rings. The lowest BCUT2D eigenvalue weighted by molar-refractivity contribution is 0.0992. The van der Waals surface area contributed by atoms with E-state index in [4.69, 9.17) is 15.3 Å². The van der Waals surface area contributed by atoms with Gasteiger partial charge in [-0.05, 0) is 32.8 Å². The average Bonchev–Trinajstić information content (AvgIpc) is 3.47. The number of pyridine rings is 1.